The third kappa shape index (κ3) is 4.45. The van der Waals surface area contributed by atoms with Crippen molar-refractivity contribution >= 4 is 33.8 Å². The van der Waals surface area contributed by atoms with E-state index in [-0.39, 0.29) is 17.5 Å². The maximum Gasteiger partial charge on any atom is 0.267 e. The van der Waals surface area contributed by atoms with E-state index >= 15 is 0 Å². The molecule has 124 valence electrons. The Morgan fingerprint density at radius 1 is 1.08 bits per heavy atom. The van der Waals surface area contributed by atoms with Crippen molar-refractivity contribution in [3.8, 4) is 5.75 Å². The Bertz CT molecular complexity index is 770. The van der Waals surface area contributed by atoms with E-state index < -0.39 is 0 Å². The Balaban J connectivity index is 2.28. The number of hydrogen-bond acceptors (Lipinski definition) is 3. The number of likely N-dealkylation sites (N-methyl/N-ethyl adjacent to an activating group) is 1. The molecule has 0 aliphatic rings. The van der Waals surface area contributed by atoms with Crippen molar-refractivity contribution < 1.29 is 14.3 Å². The number of amides is 2. The van der Waals surface area contributed by atoms with Gasteiger partial charge in [-0.15, -0.1) is 0 Å². The zero-order valence-electron chi connectivity index (χ0n) is 13.3. The monoisotopic (exact) mass is 388 g/mol. The predicted molar refractivity (Wildman–Crippen MR) is 96.6 cm³/mol. The molecule has 0 saturated carbocycles. The molecule has 6 heteroatoms. The van der Waals surface area contributed by atoms with E-state index in [1.807, 2.05) is 6.07 Å². The van der Waals surface area contributed by atoms with Crippen molar-refractivity contribution in [3.05, 3.63) is 69.8 Å². The summed E-state index contributed by atoms with van der Waals surface area (Å²) in [6.07, 6.45) is 1.60. The van der Waals surface area contributed by atoms with Crippen LogP contribution in [0.4, 0.5) is 0 Å². The highest BCUT2D eigenvalue weighted by molar-refractivity contribution is 9.10. The lowest BCUT2D eigenvalue weighted by Gasteiger charge is -2.10. The molecule has 0 saturated heterocycles. The van der Waals surface area contributed by atoms with Gasteiger partial charge in [0, 0.05) is 11.5 Å². The van der Waals surface area contributed by atoms with Crippen molar-refractivity contribution in [1.29, 1.82) is 0 Å². The molecule has 24 heavy (non-hydrogen) atoms. The fourth-order valence-corrected chi connectivity index (χ4v) is 2.46. The standard InChI is InChI=1S/C18H17BrN2O3/c1-20-18(23)16(11-12-7-9-13(24-2)10-8-12)21-17(22)14-5-3-4-6-15(14)19/h3-11H,1-2H3,(H,20,23)(H,21,22)/b16-11+. The highest BCUT2D eigenvalue weighted by Crippen LogP contribution is 2.17. The van der Waals surface area contributed by atoms with Crippen LogP contribution in [0.1, 0.15) is 15.9 Å². The van der Waals surface area contributed by atoms with Gasteiger partial charge in [-0.05, 0) is 51.8 Å². The summed E-state index contributed by atoms with van der Waals surface area (Å²) in [5.74, 6) is -0.0389. The fourth-order valence-electron chi connectivity index (χ4n) is 1.99. The second-order valence-corrected chi connectivity index (χ2v) is 5.70. The number of ether oxygens (including phenoxy) is 1. The summed E-state index contributed by atoms with van der Waals surface area (Å²) in [5, 5.41) is 5.17. The van der Waals surface area contributed by atoms with Crippen molar-refractivity contribution in [1.82, 2.24) is 10.6 Å². The molecule has 0 aromatic heterocycles. The fraction of sp³-hybridized carbons (Fsp3) is 0.111. The lowest BCUT2D eigenvalue weighted by Crippen LogP contribution is -2.33. The third-order valence-corrected chi connectivity index (χ3v) is 3.96. The maximum atomic E-state index is 12.4. The largest absolute Gasteiger partial charge is 0.497 e. The Hall–Kier alpha value is -2.60. The molecule has 2 N–H and O–H groups in total. The van der Waals surface area contributed by atoms with Crippen molar-refractivity contribution in [2.45, 2.75) is 0 Å². The van der Waals surface area contributed by atoms with Crippen LogP contribution < -0.4 is 15.4 Å². The minimum absolute atomic E-state index is 0.156. The average molecular weight is 389 g/mol. The minimum Gasteiger partial charge on any atom is -0.497 e. The second kappa shape index (κ2) is 8.31. The molecule has 2 rings (SSSR count). The van der Waals surface area contributed by atoms with Crippen LogP contribution in [0.2, 0.25) is 0 Å². The first-order valence-electron chi connectivity index (χ1n) is 7.19. The number of carbonyl (C=O) groups is 2. The molecule has 2 aromatic carbocycles. The zero-order valence-corrected chi connectivity index (χ0v) is 14.9. The van der Waals surface area contributed by atoms with Gasteiger partial charge in [-0.25, -0.2) is 0 Å². The lowest BCUT2D eigenvalue weighted by molar-refractivity contribution is -0.117. The zero-order chi connectivity index (χ0) is 17.5. The number of nitrogens with one attached hydrogen (secondary N) is 2. The quantitative estimate of drug-likeness (QED) is 0.773. The third-order valence-electron chi connectivity index (χ3n) is 3.27. The van der Waals surface area contributed by atoms with Gasteiger partial charge in [-0.1, -0.05) is 24.3 Å². The van der Waals surface area contributed by atoms with Gasteiger partial charge in [0.25, 0.3) is 11.8 Å². The summed E-state index contributed by atoms with van der Waals surface area (Å²) in [7, 11) is 3.09. The van der Waals surface area contributed by atoms with E-state index in [4.69, 9.17) is 4.74 Å². The van der Waals surface area contributed by atoms with Crippen LogP contribution in [0.5, 0.6) is 5.75 Å². The Kier molecular flexibility index (Phi) is 6.14. The summed E-state index contributed by atoms with van der Waals surface area (Å²) in [4.78, 5) is 24.5. The summed E-state index contributed by atoms with van der Waals surface area (Å²) < 4.78 is 5.76. The molecule has 0 spiro atoms. The molecule has 0 heterocycles. The van der Waals surface area contributed by atoms with Gasteiger partial charge in [-0.3, -0.25) is 9.59 Å². The van der Waals surface area contributed by atoms with E-state index in [1.54, 1.807) is 55.7 Å². The van der Waals surface area contributed by atoms with Gasteiger partial charge >= 0.3 is 0 Å². The molecule has 0 unspecified atom stereocenters. The van der Waals surface area contributed by atoms with Crippen molar-refractivity contribution in [3.63, 3.8) is 0 Å². The molecule has 2 aromatic rings. The van der Waals surface area contributed by atoms with Crippen LogP contribution in [-0.2, 0) is 4.79 Å². The van der Waals surface area contributed by atoms with Crippen molar-refractivity contribution in [2.24, 2.45) is 0 Å². The molecular weight excluding hydrogens is 372 g/mol. The molecule has 0 atom stereocenters. The number of carbonyl (C=O) groups excluding carboxylic acids is 2. The molecule has 5 nitrogen and oxygen atoms in total. The highest BCUT2D eigenvalue weighted by atomic mass is 79.9. The van der Waals surface area contributed by atoms with Crippen LogP contribution in [0.15, 0.2) is 58.7 Å². The second-order valence-electron chi connectivity index (χ2n) is 4.84. The topological polar surface area (TPSA) is 67.4 Å². The van der Waals surface area contributed by atoms with Crippen LogP contribution in [0.3, 0.4) is 0 Å². The normalized spacial score (nSPS) is 10.9. The Labute approximate surface area is 148 Å². The maximum absolute atomic E-state index is 12.4. The molecule has 2 amide bonds. The van der Waals surface area contributed by atoms with Gasteiger partial charge < -0.3 is 15.4 Å². The first-order chi connectivity index (χ1) is 11.5. The van der Waals surface area contributed by atoms with Gasteiger partial charge in [0.1, 0.15) is 11.4 Å². The van der Waals surface area contributed by atoms with Crippen molar-refractivity contribution in [2.75, 3.05) is 14.2 Å². The van der Waals surface area contributed by atoms with Gasteiger partial charge in [0.15, 0.2) is 0 Å². The van der Waals surface area contributed by atoms with Gasteiger partial charge in [0.05, 0.1) is 12.7 Å². The molecule has 0 bridgehead atoms. The first kappa shape index (κ1) is 17.7. The summed E-state index contributed by atoms with van der Waals surface area (Å²) in [6, 6.07) is 14.2. The van der Waals surface area contributed by atoms with Crippen LogP contribution in [0.25, 0.3) is 6.08 Å². The highest BCUT2D eigenvalue weighted by Gasteiger charge is 2.15. The lowest BCUT2D eigenvalue weighted by atomic mass is 10.1. The summed E-state index contributed by atoms with van der Waals surface area (Å²) in [6.45, 7) is 0. The average Bonchev–Trinajstić information content (AvgIpc) is 2.61. The van der Waals surface area contributed by atoms with Crippen LogP contribution in [-0.4, -0.2) is 26.0 Å². The number of benzene rings is 2. The molecule has 0 aliphatic heterocycles. The first-order valence-corrected chi connectivity index (χ1v) is 7.98. The van der Waals surface area contributed by atoms with E-state index in [0.29, 0.717) is 15.8 Å². The number of methoxy groups -OCH3 is 1. The molecule has 0 fully saturated rings. The summed E-state index contributed by atoms with van der Waals surface area (Å²) >= 11 is 3.33. The van der Waals surface area contributed by atoms with E-state index in [0.717, 1.165) is 5.56 Å². The summed E-state index contributed by atoms with van der Waals surface area (Å²) in [5.41, 5.74) is 1.37. The molecule has 0 radical (unpaired) electrons. The molecular formula is C18H17BrN2O3. The van der Waals surface area contributed by atoms with Gasteiger partial charge in [0.2, 0.25) is 0 Å². The molecule has 0 aliphatic carbocycles. The Morgan fingerprint density at radius 2 is 1.75 bits per heavy atom. The Morgan fingerprint density at radius 3 is 2.33 bits per heavy atom. The van der Waals surface area contributed by atoms with E-state index in [1.165, 1.54) is 7.05 Å². The van der Waals surface area contributed by atoms with E-state index in [9.17, 15) is 9.59 Å². The predicted octanol–water partition coefficient (Wildman–Crippen LogP) is 2.97. The van der Waals surface area contributed by atoms with Gasteiger partial charge in [-0.2, -0.15) is 0 Å². The minimum atomic E-state index is -0.383. The van der Waals surface area contributed by atoms with Crippen LogP contribution in [0, 0.1) is 0 Å². The number of rotatable bonds is 5. The smallest absolute Gasteiger partial charge is 0.267 e. The van der Waals surface area contributed by atoms with E-state index in [2.05, 4.69) is 26.6 Å². The number of hydrogen-bond donors (Lipinski definition) is 2. The van der Waals surface area contributed by atoms with Crippen LogP contribution >= 0.6 is 15.9 Å². The number of halogens is 1. The SMILES string of the molecule is CNC(=O)/C(=C\c1ccc(OC)cc1)NC(=O)c1ccccc1Br.